The van der Waals surface area contributed by atoms with Crippen molar-refractivity contribution in [2.24, 2.45) is 0 Å². The monoisotopic (exact) mass is 252 g/mol. The first-order chi connectivity index (χ1) is 8.25. The summed E-state index contributed by atoms with van der Waals surface area (Å²) in [6.07, 6.45) is 5.07. The molecule has 1 unspecified atom stereocenters. The zero-order valence-corrected chi connectivity index (χ0v) is 10.3. The van der Waals surface area contributed by atoms with Crippen LogP contribution in [0, 0.1) is 6.92 Å². The highest BCUT2D eigenvalue weighted by atomic mass is 35.5. The molecule has 1 aliphatic rings. The lowest BCUT2D eigenvalue weighted by Crippen LogP contribution is -2.17. The third-order valence-electron chi connectivity index (χ3n) is 3.03. The number of ether oxygens (including phenoxy) is 1. The van der Waals surface area contributed by atoms with Gasteiger partial charge in [-0.3, -0.25) is 4.57 Å². The minimum Gasteiger partial charge on any atom is -0.358 e. The Hall–Kier alpha value is -1.20. The summed E-state index contributed by atoms with van der Waals surface area (Å²) in [5.41, 5.74) is 2.35. The van der Waals surface area contributed by atoms with E-state index in [4.69, 9.17) is 16.3 Å². The van der Waals surface area contributed by atoms with Crippen LogP contribution in [0.4, 0.5) is 0 Å². The number of hydrogen-bond donors (Lipinski definition) is 0. The Kier molecular flexibility index (Phi) is 2.72. The molecule has 17 heavy (non-hydrogen) atoms. The third-order valence-corrected chi connectivity index (χ3v) is 3.20. The van der Waals surface area contributed by atoms with Gasteiger partial charge < -0.3 is 4.74 Å². The van der Waals surface area contributed by atoms with Gasteiger partial charge in [0.25, 0.3) is 0 Å². The molecule has 1 fully saturated rings. The lowest BCUT2D eigenvalue weighted by molar-refractivity contribution is -0.0298. The molecule has 0 N–H and O–H groups in total. The Morgan fingerprint density at radius 2 is 2.29 bits per heavy atom. The van der Waals surface area contributed by atoms with Crippen molar-refractivity contribution in [3.8, 4) is 0 Å². The Morgan fingerprint density at radius 3 is 3.06 bits per heavy atom. The summed E-state index contributed by atoms with van der Waals surface area (Å²) in [5, 5.41) is 0.257. The van der Waals surface area contributed by atoms with E-state index in [1.165, 1.54) is 6.42 Å². The summed E-state index contributed by atoms with van der Waals surface area (Å²) in [7, 11) is 0. The first-order valence-corrected chi connectivity index (χ1v) is 6.12. The number of halogens is 1. The van der Waals surface area contributed by atoms with Crippen molar-refractivity contribution < 1.29 is 4.74 Å². The molecule has 1 aliphatic heterocycles. The fraction of sp³-hybridized carbons (Fsp3) is 0.545. The van der Waals surface area contributed by atoms with Crippen LogP contribution in [-0.2, 0) is 4.74 Å². The largest absolute Gasteiger partial charge is 0.358 e. The number of aromatic nitrogens is 4. The molecule has 6 heteroatoms. The van der Waals surface area contributed by atoms with Crippen LogP contribution in [0.3, 0.4) is 0 Å². The molecule has 3 heterocycles. The van der Waals surface area contributed by atoms with E-state index in [0.29, 0.717) is 0 Å². The molecule has 3 rings (SSSR count). The molecule has 0 saturated carbocycles. The quantitative estimate of drug-likeness (QED) is 0.732. The van der Waals surface area contributed by atoms with Crippen LogP contribution in [0.25, 0.3) is 11.2 Å². The zero-order valence-electron chi connectivity index (χ0n) is 9.56. The maximum atomic E-state index is 5.89. The molecule has 2 aromatic rings. The van der Waals surface area contributed by atoms with E-state index in [0.717, 1.165) is 36.3 Å². The molecule has 0 spiro atoms. The smallest absolute Gasteiger partial charge is 0.224 e. The van der Waals surface area contributed by atoms with Gasteiger partial charge in [0.1, 0.15) is 11.7 Å². The van der Waals surface area contributed by atoms with Crippen LogP contribution in [0.15, 0.2) is 6.33 Å². The average Bonchev–Trinajstić information content (AvgIpc) is 2.74. The fourth-order valence-corrected chi connectivity index (χ4v) is 2.38. The van der Waals surface area contributed by atoms with Gasteiger partial charge in [-0.05, 0) is 37.8 Å². The maximum Gasteiger partial charge on any atom is 0.224 e. The van der Waals surface area contributed by atoms with Crippen LogP contribution < -0.4 is 0 Å². The van der Waals surface area contributed by atoms with Crippen molar-refractivity contribution in [2.75, 3.05) is 6.61 Å². The molecular weight excluding hydrogens is 240 g/mol. The van der Waals surface area contributed by atoms with Gasteiger partial charge in [0.2, 0.25) is 5.28 Å². The predicted octanol–water partition coefficient (Wildman–Crippen LogP) is 2.49. The van der Waals surface area contributed by atoms with E-state index < -0.39 is 0 Å². The highest BCUT2D eigenvalue weighted by Gasteiger charge is 2.19. The molecule has 0 bridgehead atoms. The third kappa shape index (κ3) is 1.89. The normalized spacial score (nSPS) is 20.9. The maximum absolute atomic E-state index is 5.89. The van der Waals surface area contributed by atoms with Gasteiger partial charge in [0.05, 0.1) is 12.0 Å². The van der Waals surface area contributed by atoms with Crippen molar-refractivity contribution in [3.63, 3.8) is 0 Å². The molecule has 0 amide bonds. The summed E-state index contributed by atoms with van der Waals surface area (Å²) >= 11 is 5.89. The number of nitrogens with zero attached hydrogens (tertiary/aromatic N) is 4. The van der Waals surface area contributed by atoms with Crippen molar-refractivity contribution in [1.82, 2.24) is 19.5 Å². The molecular formula is C11H13ClN4O. The van der Waals surface area contributed by atoms with E-state index in [2.05, 4.69) is 15.0 Å². The molecule has 0 aliphatic carbocycles. The highest BCUT2D eigenvalue weighted by Crippen LogP contribution is 2.26. The van der Waals surface area contributed by atoms with Crippen molar-refractivity contribution in [3.05, 3.63) is 17.3 Å². The lowest BCUT2D eigenvalue weighted by Gasteiger charge is -2.23. The molecule has 90 valence electrons. The van der Waals surface area contributed by atoms with E-state index in [-0.39, 0.29) is 11.5 Å². The summed E-state index contributed by atoms with van der Waals surface area (Å²) in [6.45, 7) is 2.68. The Labute approximate surface area is 104 Å². The molecule has 1 saturated heterocycles. The molecule has 1 atom stereocenters. The molecule has 2 aromatic heterocycles. The zero-order chi connectivity index (χ0) is 11.8. The second kappa shape index (κ2) is 4.23. The van der Waals surface area contributed by atoms with Crippen molar-refractivity contribution in [2.45, 2.75) is 32.4 Å². The summed E-state index contributed by atoms with van der Waals surface area (Å²) in [5.74, 6) is 0. The number of aryl methyl sites for hydroxylation is 1. The van der Waals surface area contributed by atoms with Crippen LogP contribution in [0.1, 0.15) is 31.2 Å². The molecule has 0 radical (unpaired) electrons. The number of hydrogen-bond acceptors (Lipinski definition) is 4. The second-order valence-corrected chi connectivity index (χ2v) is 4.56. The fourth-order valence-electron chi connectivity index (χ4n) is 2.18. The van der Waals surface area contributed by atoms with E-state index in [1.54, 1.807) is 6.33 Å². The number of rotatable bonds is 1. The minimum atomic E-state index is 0.0270. The summed E-state index contributed by atoms with van der Waals surface area (Å²) in [6, 6.07) is 0. The van der Waals surface area contributed by atoms with Crippen molar-refractivity contribution in [1.29, 1.82) is 0 Å². The number of imidazole rings is 1. The van der Waals surface area contributed by atoms with Gasteiger partial charge >= 0.3 is 0 Å². The van der Waals surface area contributed by atoms with E-state index >= 15 is 0 Å². The van der Waals surface area contributed by atoms with Crippen molar-refractivity contribution >= 4 is 22.8 Å². The summed E-state index contributed by atoms with van der Waals surface area (Å²) < 4.78 is 7.68. The average molecular weight is 253 g/mol. The van der Waals surface area contributed by atoms with Crippen LogP contribution >= 0.6 is 11.6 Å². The van der Waals surface area contributed by atoms with Gasteiger partial charge in [-0.25, -0.2) is 9.97 Å². The standard InChI is InChI=1S/C11H13ClN4O/c1-7-9-10(15-11(12)14-7)16(6-13-9)8-4-2-3-5-17-8/h6,8H,2-5H2,1H3. The van der Waals surface area contributed by atoms with Crippen LogP contribution in [0.2, 0.25) is 5.28 Å². The van der Waals surface area contributed by atoms with Crippen LogP contribution in [-0.4, -0.2) is 26.1 Å². The second-order valence-electron chi connectivity index (χ2n) is 4.22. The Bertz CT molecular complexity index is 548. The number of fused-ring (bicyclic) bond motifs is 1. The lowest BCUT2D eigenvalue weighted by atomic mass is 10.2. The van der Waals surface area contributed by atoms with Crippen LogP contribution in [0.5, 0.6) is 0 Å². The SMILES string of the molecule is Cc1nc(Cl)nc2c1ncn2C1CCCCO1. The topological polar surface area (TPSA) is 52.8 Å². The van der Waals surface area contributed by atoms with E-state index in [9.17, 15) is 0 Å². The Morgan fingerprint density at radius 1 is 1.41 bits per heavy atom. The Balaban J connectivity index is 2.10. The first-order valence-electron chi connectivity index (χ1n) is 5.74. The molecule has 0 aromatic carbocycles. The van der Waals surface area contributed by atoms with Gasteiger partial charge in [-0.15, -0.1) is 0 Å². The van der Waals surface area contributed by atoms with Gasteiger partial charge in [0.15, 0.2) is 5.65 Å². The summed E-state index contributed by atoms with van der Waals surface area (Å²) in [4.78, 5) is 12.7. The highest BCUT2D eigenvalue weighted by molar-refractivity contribution is 6.28. The van der Waals surface area contributed by atoms with E-state index in [1.807, 2.05) is 11.5 Å². The minimum absolute atomic E-state index is 0.0270. The predicted molar refractivity (Wildman–Crippen MR) is 63.9 cm³/mol. The van der Waals surface area contributed by atoms with Gasteiger partial charge in [-0.1, -0.05) is 0 Å². The first kappa shape index (κ1) is 10.9. The van der Waals surface area contributed by atoms with Gasteiger partial charge in [-0.2, -0.15) is 4.98 Å². The van der Waals surface area contributed by atoms with Gasteiger partial charge in [0, 0.05) is 6.61 Å². The molecule has 5 nitrogen and oxygen atoms in total.